The van der Waals surface area contributed by atoms with Crippen molar-refractivity contribution < 1.29 is 13.6 Å². The number of benzene rings is 2. The summed E-state index contributed by atoms with van der Waals surface area (Å²) < 4.78 is 27.5. The summed E-state index contributed by atoms with van der Waals surface area (Å²) in [6.07, 6.45) is 3.20. The van der Waals surface area contributed by atoms with E-state index in [1.54, 1.807) is 0 Å². The minimum atomic E-state index is -0.634. The highest BCUT2D eigenvalue weighted by Crippen LogP contribution is 2.38. The second-order valence-corrected chi connectivity index (χ2v) is 8.34. The van der Waals surface area contributed by atoms with Crippen LogP contribution in [0.5, 0.6) is 0 Å². The maximum absolute atomic E-state index is 14.2. The zero-order valence-corrected chi connectivity index (χ0v) is 15.7. The van der Waals surface area contributed by atoms with Gasteiger partial charge in [0.25, 0.3) is 0 Å². The summed E-state index contributed by atoms with van der Waals surface area (Å²) in [5.74, 6) is -1.26. The molecule has 2 aromatic rings. The van der Waals surface area contributed by atoms with Crippen LogP contribution in [0, 0.1) is 11.6 Å². The Morgan fingerprint density at radius 2 is 1.85 bits per heavy atom. The molecule has 0 spiro atoms. The zero-order chi connectivity index (χ0) is 18.8. The number of rotatable bonds is 4. The molecule has 0 aliphatic carbocycles. The van der Waals surface area contributed by atoms with Crippen molar-refractivity contribution >= 4 is 17.7 Å². The van der Waals surface area contributed by atoms with Gasteiger partial charge in [-0.15, -0.1) is 11.8 Å². The number of carbonyl (C=O) groups excluding carboxylic acids is 1. The van der Waals surface area contributed by atoms with Gasteiger partial charge >= 0.3 is 0 Å². The third-order valence-corrected chi connectivity index (χ3v) is 6.59. The Balaban J connectivity index is 1.60. The van der Waals surface area contributed by atoms with Crippen LogP contribution in [0.2, 0.25) is 0 Å². The lowest BCUT2D eigenvalue weighted by molar-refractivity contribution is -0.131. The van der Waals surface area contributed by atoms with E-state index in [0.717, 1.165) is 36.2 Å². The zero-order valence-electron chi connectivity index (χ0n) is 14.9. The van der Waals surface area contributed by atoms with Crippen LogP contribution in [0.4, 0.5) is 8.78 Å². The van der Waals surface area contributed by atoms with E-state index >= 15 is 0 Å². The van der Waals surface area contributed by atoms with E-state index < -0.39 is 16.9 Å². The highest BCUT2D eigenvalue weighted by atomic mass is 32.2. The maximum atomic E-state index is 14.2. The van der Waals surface area contributed by atoms with Gasteiger partial charge < -0.3 is 10.2 Å². The molecule has 27 heavy (non-hydrogen) atoms. The van der Waals surface area contributed by atoms with Crippen molar-refractivity contribution in [1.29, 1.82) is 0 Å². The van der Waals surface area contributed by atoms with E-state index in [1.807, 2.05) is 35.2 Å². The molecular weight excluding hydrogens is 366 g/mol. The number of hydrogen-bond donors (Lipinski definition) is 1. The topological polar surface area (TPSA) is 32.3 Å². The molecule has 1 N–H and O–H groups in total. The third kappa shape index (κ3) is 4.17. The molecule has 2 aliphatic rings. The van der Waals surface area contributed by atoms with Crippen LogP contribution in [0.3, 0.4) is 0 Å². The monoisotopic (exact) mass is 388 g/mol. The summed E-state index contributed by atoms with van der Waals surface area (Å²) in [6, 6.07) is 13.8. The van der Waals surface area contributed by atoms with Crippen molar-refractivity contribution in [2.45, 2.75) is 41.5 Å². The van der Waals surface area contributed by atoms with Gasteiger partial charge in [-0.05, 0) is 37.0 Å². The Morgan fingerprint density at radius 1 is 1.07 bits per heavy atom. The summed E-state index contributed by atoms with van der Waals surface area (Å²) in [5, 5.41) is 3.03. The number of halogens is 2. The van der Waals surface area contributed by atoms with Crippen molar-refractivity contribution in [2.75, 3.05) is 13.1 Å². The van der Waals surface area contributed by atoms with Crippen LogP contribution >= 0.6 is 11.8 Å². The van der Waals surface area contributed by atoms with E-state index in [1.165, 1.54) is 18.6 Å². The average molecular weight is 388 g/mol. The van der Waals surface area contributed by atoms with Crippen LogP contribution in [-0.4, -0.2) is 36.0 Å². The lowest BCUT2D eigenvalue weighted by Gasteiger charge is -2.28. The predicted octanol–water partition coefficient (Wildman–Crippen LogP) is 4.15. The third-order valence-electron chi connectivity index (χ3n) is 5.30. The molecule has 2 aliphatic heterocycles. The molecule has 4 rings (SSSR count). The predicted molar refractivity (Wildman–Crippen MR) is 103 cm³/mol. The van der Waals surface area contributed by atoms with Crippen LogP contribution in [-0.2, 0) is 4.79 Å². The van der Waals surface area contributed by atoms with Crippen molar-refractivity contribution in [3.05, 3.63) is 65.7 Å². The Morgan fingerprint density at radius 3 is 2.63 bits per heavy atom. The van der Waals surface area contributed by atoms with Crippen LogP contribution in [0.25, 0.3) is 0 Å². The molecule has 1 amide bonds. The lowest BCUT2D eigenvalue weighted by Crippen LogP contribution is -2.40. The quantitative estimate of drug-likeness (QED) is 0.799. The summed E-state index contributed by atoms with van der Waals surface area (Å²) in [6.45, 7) is 1.40. The molecular formula is C21H22F2N2OS. The van der Waals surface area contributed by atoms with Crippen LogP contribution in [0.1, 0.15) is 30.1 Å². The highest BCUT2D eigenvalue weighted by Gasteiger charge is 2.34. The van der Waals surface area contributed by atoms with Crippen LogP contribution < -0.4 is 5.32 Å². The second-order valence-electron chi connectivity index (χ2n) is 7.19. The smallest absolute Gasteiger partial charge is 0.240 e. The number of fused-ring (bicyclic) bond motifs is 2. The fourth-order valence-electron chi connectivity index (χ4n) is 3.90. The van der Waals surface area contributed by atoms with Gasteiger partial charge in [-0.1, -0.05) is 30.3 Å². The van der Waals surface area contributed by atoms with Crippen molar-refractivity contribution in [1.82, 2.24) is 10.2 Å². The largest absolute Gasteiger partial charge is 0.340 e. The summed E-state index contributed by atoms with van der Waals surface area (Å²) >= 11 is 1.15. The summed E-state index contributed by atoms with van der Waals surface area (Å²) in [5.41, 5.74) is 0.832. The number of carbonyl (C=O) groups is 1. The molecule has 0 aromatic heterocycles. The van der Waals surface area contributed by atoms with Gasteiger partial charge in [-0.2, -0.15) is 0 Å². The van der Waals surface area contributed by atoms with Crippen molar-refractivity contribution in [3.63, 3.8) is 0 Å². The first-order chi connectivity index (χ1) is 13.1. The standard InChI is InChI=1S/C21H22F2N2OS/c22-15-6-9-19(18(23)12-15)27-20(14-4-2-1-3-5-14)21(26)25-11-10-16-7-8-17(13-25)24-16/h1-6,9,12,16-17,20,24H,7-8,10-11,13H2. The Kier molecular flexibility index (Phi) is 5.45. The number of thioether (sulfide) groups is 1. The fourth-order valence-corrected chi connectivity index (χ4v) is 5.01. The van der Waals surface area contributed by atoms with E-state index in [-0.39, 0.29) is 10.8 Å². The van der Waals surface area contributed by atoms with Gasteiger partial charge in [0.1, 0.15) is 16.9 Å². The Labute approximate surface area is 162 Å². The molecule has 0 radical (unpaired) electrons. The van der Waals surface area contributed by atoms with Gasteiger partial charge in [-0.25, -0.2) is 8.78 Å². The molecule has 3 nitrogen and oxygen atoms in total. The molecule has 6 heteroatoms. The summed E-state index contributed by atoms with van der Waals surface area (Å²) in [4.78, 5) is 15.6. The van der Waals surface area contributed by atoms with Gasteiger partial charge in [0.15, 0.2) is 0 Å². The maximum Gasteiger partial charge on any atom is 0.240 e. The molecule has 142 valence electrons. The lowest BCUT2D eigenvalue weighted by atomic mass is 10.1. The average Bonchev–Trinajstić information content (AvgIpc) is 3.00. The Bertz CT molecular complexity index is 817. The fraction of sp³-hybridized carbons (Fsp3) is 0.381. The molecule has 0 saturated carbocycles. The van der Waals surface area contributed by atoms with Crippen LogP contribution in [0.15, 0.2) is 53.4 Å². The first-order valence-electron chi connectivity index (χ1n) is 9.31. The van der Waals surface area contributed by atoms with E-state index in [0.29, 0.717) is 25.2 Å². The first kappa shape index (κ1) is 18.4. The van der Waals surface area contributed by atoms with E-state index in [2.05, 4.69) is 5.32 Å². The van der Waals surface area contributed by atoms with Crippen molar-refractivity contribution in [2.24, 2.45) is 0 Å². The van der Waals surface area contributed by atoms with Gasteiger partial charge in [-0.3, -0.25) is 4.79 Å². The van der Waals surface area contributed by atoms with Gasteiger partial charge in [0, 0.05) is 36.1 Å². The Hall–Kier alpha value is -1.92. The number of amides is 1. The molecule has 2 saturated heterocycles. The number of nitrogens with one attached hydrogen (secondary N) is 1. The van der Waals surface area contributed by atoms with E-state index in [9.17, 15) is 13.6 Å². The molecule has 2 aromatic carbocycles. The minimum absolute atomic E-state index is 0.00993. The molecule has 2 bridgehead atoms. The van der Waals surface area contributed by atoms with E-state index in [4.69, 9.17) is 0 Å². The highest BCUT2D eigenvalue weighted by molar-refractivity contribution is 8.00. The number of nitrogens with zero attached hydrogens (tertiary/aromatic N) is 1. The minimum Gasteiger partial charge on any atom is -0.340 e. The number of likely N-dealkylation sites (tertiary alicyclic amines) is 1. The first-order valence-corrected chi connectivity index (χ1v) is 10.2. The molecule has 2 heterocycles. The molecule has 2 fully saturated rings. The van der Waals surface area contributed by atoms with Crippen molar-refractivity contribution in [3.8, 4) is 0 Å². The summed E-state index contributed by atoms with van der Waals surface area (Å²) in [7, 11) is 0. The number of hydrogen-bond acceptors (Lipinski definition) is 3. The van der Waals surface area contributed by atoms with Gasteiger partial charge in [0.2, 0.25) is 5.91 Å². The second kappa shape index (κ2) is 7.98. The normalized spacial score (nSPS) is 23.1. The SMILES string of the molecule is O=C(C(Sc1ccc(F)cc1F)c1ccccc1)N1CCC2CCC(C1)N2. The van der Waals surface area contributed by atoms with Gasteiger partial charge in [0.05, 0.1) is 0 Å². The molecule has 3 unspecified atom stereocenters. The molecule has 3 atom stereocenters.